The summed E-state index contributed by atoms with van der Waals surface area (Å²) in [6.45, 7) is 2.31. The Hall–Kier alpha value is -2.15. The van der Waals surface area contributed by atoms with E-state index in [2.05, 4.69) is 4.90 Å². The number of amides is 1. The van der Waals surface area contributed by atoms with Gasteiger partial charge in [0, 0.05) is 32.2 Å². The van der Waals surface area contributed by atoms with E-state index in [-0.39, 0.29) is 23.3 Å². The number of fused-ring (bicyclic) bond motifs is 1. The predicted octanol–water partition coefficient (Wildman–Crippen LogP) is 2.44. The highest BCUT2D eigenvalue weighted by Gasteiger charge is 2.38. The molecule has 1 aromatic carbocycles. The number of nitro benzene ring substituents is 1. The number of methoxy groups -OCH3 is 1. The molecule has 0 radical (unpaired) electrons. The molecule has 0 saturated carbocycles. The molecule has 2 fully saturated rings. The van der Waals surface area contributed by atoms with Crippen LogP contribution in [0.4, 0.5) is 5.69 Å². The zero-order chi connectivity index (χ0) is 18.0. The van der Waals surface area contributed by atoms with Gasteiger partial charge in [0.2, 0.25) is 5.91 Å². The third kappa shape index (κ3) is 3.76. The van der Waals surface area contributed by atoms with Gasteiger partial charge in [0.15, 0.2) is 5.75 Å². The fourth-order valence-electron chi connectivity index (χ4n) is 4.07. The van der Waals surface area contributed by atoms with E-state index in [0.29, 0.717) is 12.6 Å². The number of nitrogens with zero attached hydrogens (tertiary/aromatic N) is 3. The van der Waals surface area contributed by atoms with Gasteiger partial charge in [0.05, 0.1) is 18.0 Å². The van der Waals surface area contributed by atoms with Crippen molar-refractivity contribution in [1.82, 2.24) is 9.80 Å². The van der Waals surface area contributed by atoms with Crippen molar-refractivity contribution in [3.63, 3.8) is 0 Å². The molecule has 2 heterocycles. The van der Waals surface area contributed by atoms with Crippen molar-refractivity contribution < 1.29 is 14.5 Å². The lowest BCUT2D eigenvalue weighted by molar-refractivity contribution is -0.385. The Bertz CT molecular complexity index is 650. The number of piperidine rings is 1. The number of benzene rings is 1. The van der Waals surface area contributed by atoms with Gasteiger partial charge in [-0.05, 0) is 37.4 Å². The maximum Gasteiger partial charge on any atom is 0.311 e. The van der Waals surface area contributed by atoms with Crippen LogP contribution in [0, 0.1) is 16.0 Å². The van der Waals surface area contributed by atoms with Gasteiger partial charge in [-0.15, -0.1) is 0 Å². The Morgan fingerprint density at radius 2 is 2.24 bits per heavy atom. The van der Waals surface area contributed by atoms with E-state index in [1.54, 1.807) is 24.1 Å². The molecule has 2 aliphatic rings. The average Bonchev–Trinajstić information content (AvgIpc) is 3.04. The third-order valence-corrected chi connectivity index (χ3v) is 5.35. The topological polar surface area (TPSA) is 75.9 Å². The van der Waals surface area contributed by atoms with Gasteiger partial charge in [0.1, 0.15) is 0 Å². The second-order valence-electron chi connectivity index (χ2n) is 7.03. The van der Waals surface area contributed by atoms with Crippen molar-refractivity contribution >= 4 is 11.6 Å². The Kier molecular flexibility index (Phi) is 5.22. The summed E-state index contributed by atoms with van der Waals surface area (Å²) in [4.78, 5) is 27.6. The number of carbonyl (C=O) groups is 1. The molecule has 0 bridgehead atoms. The second-order valence-corrected chi connectivity index (χ2v) is 7.03. The Balaban J connectivity index is 1.65. The standard InChI is InChI=1S/C18H25N3O4/c1-19(11-13-6-7-17(25-2)16(9-13)21(23)24)18(22)14-10-15-5-3-4-8-20(15)12-14/h6-7,9,14-15H,3-5,8,10-12H2,1-2H3/t14-,15+/m0/s1. The lowest BCUT2D eigenvalue weighted by Crippen LogP contribution is -2.36. The molecule has 0 aliphatic carbocycles. The molecule has 25 heavy (non-hydrogen) atoms. The van der Waals surface area contributed by atoms with E-state index < -0.39 is 4.92 Å². The van der Waals surface area contributed by atoms with E-state index in [9.17, 15) is 14.9 Å². The fraction of sp³-hybridized carbons (Fsp3) is 0.611. The SMILES string of the molecule is COc1ccc(CN(C)C(=O)[C@H]2C[C@H]3CCCCN3C2)cc1[N+](=O)[O-]. The minimum atomic E-state index is -0.459. The third-order valence-electron chi connectivity index (χ3n) is 5.35. The summed E-state index contributed by atoms with van der Waals surface area (Å²) in [5, 5.41) is 11.1. The van der Waals surface area contributed by atoms with Crippen molar-refractivity contribution in [2.75, 3.05) is 27.2 Å². The molecule has 0 N–H and O–H groups in total. The number of nitro groups is 1. The predicted molar refractivity (Wildman–Crippen MR) is 93.4 cm³/mol. The molecule has 0 aromatic heterocycles. The fourth-order valence-corrected chi connectivity index (χ4v) is 4.07. The first-order chi connectivity index (χ1) is 12.0. The normalized spacial score (nSPS) is 23.1. The van der Waals surface area contributed by atoms with Crippen molar-refractivity contribution in [3.8, 4) is 5.75 Å². The molecule has 7 heteroatoms. The van der Waals surface area contributed by atoms with Gasteiger partial charge in [-0.3, -0.25) is 19.8 Å². The molecular weight excluding hydrogens is 322 g/mol. The first-order valence-corrected chi connectivity index (χ1v) is 8.80. The molecule has 1 aromatic rings. The van der Waals surface area contributed by atoms with Crippen LogP contribution in [0.3, 0.4) is 0 Å². The van der Waals surface area contributed by atoms with E-state index >= 15 is 0 Å². The summed E-state index contributed by atoms with van der Waals surface area (Å²) >= 11 is 0. The maximum absolute atomic E-state index is 12.8. The first-order valence-electron chi connectivity index (χ1n) is 8.80. The summed E-state index contributed by atoms with van der Waals surface area (Å²) in [5.41, 5.74) is 0.665. The summed E-state index contributed by atoms with van der Waals surface area (Å²) in [6, 6.07) is 5.40. The van der Waals surface area contributed by atoms with Gasteiger partial charge >= 0.3 is 5.69 Å². The van der Waals surface area contributed by atoms with E-state index in [0.717, 1.165) is 25.1 Å². The Morgan fingerprint density at radius 1 is 1.44 bits per heavy atom. The van der Waals surface area contributed by atoms with E-state index in [1.165, 1.54) is 32.4 Å². The molecule has 3 rings (SSSR count). The van der Waals surface area contributed by atoms with Crippen molar-refractivity contribution in [3.05, 3.63) is 33.9 Å². The van der Waals surface area contributed by atoms with Crippen LogP contribution in [-0.2, 0) is 11.3 Å². The van der Waals surface area contributed by atoms with Crippen LogP contribution in [0.2, 0.25) is 0 Å². The molecule has 136 valence electrons. The lowest BCUT2D eigenvalue weighted by Gasteiger charge is -2.28. The summed E-state index contributed by atoms with van der Waals surface area (Å²) in [7, 11) is 3.18. The van der Waals surface area contributed by atoms with E-state index in [4.69, 9.17) is 4.74 Å². The highest BCUT2D eigenvalue weighted by Crippen LogP contribution is 2.32. The van der Waals surface area contributed by atoms with Crippen LogP contribution in [0.1, 0.15) is 31.2 Å². The van der Waals surface area contributed by atoms with Gasteiger partial charge < -0.3 is 9.64 Å². The molecule has 2 atom stereocenters. The summed E-state index contributed by atoms with van der Waals surface area (Å²) < 4.78 is 5.02. The number of hydrogen-bond acceptors (Lipinski definition) is 5. The van der Waals surface area contributed by atoms with Crippen LogP contribution in [0.25, 0.3) is 0 Å². The molecule has 2 aliphatic heterocycles. The Morgan fingerprint density at radius 3 is 2.92 bits per heavy atom. The highest BCUT2D eigenvalue weighted by molar-refractivity contribution is 5.79. The number of carbonyl (C=O) groups excluding carboxylic acids is 1. The van der Waals surface area contributed by atoms with E-state index in [1.807, 2.05) is 0 Å². The van der Waals surface area contributed by atoms with Crippen LogP contribution >= 0.6 is 0 Å². The zero-order valence-electron chi connectivity index (χ0n) is 14.8. The van der Waals surface area contributed by atoms with Gasteiger partial charge in [-0.25, -0.2) is 0 Å². The van der Waals surface area contributed by atoms with Crippen LogP contribution in [0.15, 0.2) is 18.2 Å². The smallest absolute Gasteiger partial charge is 0.311 e. The quantitative estimate of drug-likeness (QED) is 0.604. The number of ether oxygens (including phenoxy) is 1. The minimum Gasteiger partial charge on any atom is -0.490 e. The first kappa shape index (κ1) is 17.7. The second kappa shape index (κ2) is 7.39. The van der Waals surface area contributed by atoms with Crippen molar-refractivity contribution in [2.45, 2.75) is 38.3 Å². The lowest BCUT2D eigenvalue weighted by atomic mass is 9.99. The summed E-state index contributed by atoms with van der Waals surface area (Å²) in [6.07, 6.45) is 4.61. The van der Waals surface area contributed by atoms with Crippen molar-refractivity contribution in [1.29, 1.82) is 0 Å². The molecule has 0 spiro atoms. The van der Waals surface area contributed by atoms with Crippen molar-refractivity contribution in [2.24, 2.45) is 5.92 Å². The summed E-state index contributed by atoms with van der Waals surface area (Å²) in [5.74, 6) is 0.407. The van der Waals surface area contributed by atoms with Gasteiger partial charge in [-0.1, -0.05) is 12.5 Å². The zero-order valence-corrected chi connectivity index (χ0v) is 14.8. The largest absolute Gasteiger partial charge is 0.490 e. The van der Waals surface area contributed by atoms with Crippen LogP contribution in [0.5, 0.6) is 5.75 Å². The van der Waals surface area contributed by atoms with Gasteiger partial charge in [0.25, 0.3) is 0 Å². The minimum absolute atomic E-state index is 0.0429. The molecule has 1 amide bonds. The molecule has 2 saturated heterocycles. The number of rotatable bonds is 5. The maximum atomic E-state index is 12.8. The van der Waals surface area contributed by atoms with Gasteiger partial charge in [-0.2, -0.15) is 0 Å². The average molecular weight is 347 g/mol. The Labute approximate surface area is 147 Å². The molecular formula is C18H25N3O4. The van der Waals surface area contributed by atoms with Crippen LogP contribution < -0.4 is 4.74 Å². The highest BCUT2D eigenvalue weighted by atomic mass is 16.6. The molecule has 0 unspecified atom stereocenters. The number of hydrogen-bond donors (Lipinski definition) is 0. The monoisotopic (exact) mass is 347 g/mol. The molecule has 7 nitrogen and oxygen atoms in total. The van der Waals surface area contributed by atoms with Crippen LogP contribution in [-0.4, -0.2) is 53.9 Å².